The average Bonchev–Trinajstić information content (AvgIpc) is 2.85. The fourth-order valence-corrected chi connectivity index (χ4v) is 3.66. The molecule has 0 radical (unpaired) electrons. The zero-order valence-electron chi connectivity index (χ0n) is 19.4. The van der Waals surface area contributed by atoms with Gasteiger partial charge in [-0.3, -0.25) is 14.6 Å². The lowest BCUT2D eigenvalue weighted by Gasteiger charge is -2.17. The van der Waals surface area contributed by atoms with Gasteiger partial charge in [-0.25, -0.2) is 0 Å². The molecule has 0 saturated carbocycles. The van der Waals surface area contributed by atoms with Crippen LogP contribution in [0.15, 0.2) is 73.1 Å². The molecule has 0 unspecified atom stereocenters. The molecule has 3 rings (SSSR count). The van der Waals surface area contributed by atoms with Gasteiger partial charge in [0, 0.05) is 30.2 Å². The molecular weight excluding hydrogens is 412 g/mol. The third-order valence-electron chi connectivity index (χ3n) is 5.54. The van der Waals surface area contributed by atoms with Gasteiger partial charge in [-0.1, -0.05) is 38.1 Å². The summed E-state index contributed by atoms with van der Waals surface area (Å²) >= 11 is 0. The van der Waals surface area contributed by atoms with Gasteiger partial charge in [0.15, 0.2) is 0 Å². The first-order valence-electron chi connectivity index (χ1n) is 11.5. The summed E-state index contributed by atoms with van der Waals surface area (Å²) in [5, 5.41) is 5.93. The Balaban J connectivity index is 1.57. The Hall–Kier alpha value is -3.51. The Labute approximate surface area is 196 Å². The van der Waals surface area contributed by atoms with Crippen LogP contribution in [-0.2, 0) is 6.42 Å². The highest BCUT2D eigenvalue weighted by atomic mass is 16.2. The maximum absolute atomic E-state index is 12.6. The molecule has 1 heterocycles. The van der Waals surface area contributed by atoms with Gasteiger partial charge in [-0.15, -0.1) is 0 Å². The number of pyridine rings is 1. The first-order chi connectivity index (χ1) is 16.1. The number of rotatable bonds is 11. The van der Waals surface area contributed by atoms with E-state index in [1.165, 1.54) is 0 Å². The largest absolute Gasteiger partial charge is 0.352 e. The van der Waals surface area contributed by atoms with Gasteiger partial charge in [0.05, 0.1) is 5.56 Å². The lowest BCUT2D eigenvalue weighted by Crippen LogP contribution is -2.29. The second kappa shape index (κ2) is 12.5. The first kappa shape index (κ1) is 24.1. The lowest BCUT2D eigenvalue weighted by atomic mass is 10.0. The van der Waals surface area contributed by atoms with Gasteiger partial charge in [-0.05, 0) is 80.0 Å². The van der Waals surface area contributed by atoms with E-state index >= 15 is 0 Å². The van der Waals surface area contributed by atoms with Crippen molar-refractivity contribution < 1.29 is 9.59 Å². The number of amides is 2. The van der Waals surface area contributed by atoms with Crippen LogP contribution in [0.5, 0.6) is 0 Å². The van der Waals surface area contributed by atoms with Crippen molar-refractivity contribution in [2.24, 2.45) is 0 Å². The summed E-state index contributed by atoms with van der Waals surface area (Å²) in [7, 11) is 0. The van der Waals surface area contributed by atoms with Crippen molar-refractivity contribution in [3.8, 4) is 0 Å². The summed E-state index contributed by atoms with van der Waals surface area (Å²) in [5.41, 5.74) is 4.00. The van der Waals surface area contributed by atoms with E-state index in [-0.39, 0.29) is 11.8 Å². The van der Waals surface area contributed by atoms with Crippen LogP contribution < -0.4 is 10.6 Å². The fraction of sp³-hybridized carbons (Fsp3) is 0.296. The van der Waals surface area contributed by atoms with Crippen molar-refractivity contribution in [2.75, 3.05) is 31.5 Å². The Kier molecular flexibility index (Phi) is 9.15. The van der Waals surface area contributed by atoms with Crippen LogP contribution >= 0.6 is 0 Å². The topological polar surface area (TPSA) is 74.3 Å². The SMILES string of the molecule is CCN(CC)CCCNC(=O)c1cccc(Cc2cccc(NC(=O)c3cccnc3)c2)c1. The number of nitrogens with zero attached hydrogens (tertiary/aromatic N) is 2. The Morgan fingerprint density at radius 2 is 1.61 bits per heavy atom. The van der Waals surface area contributed by atoms with Crippen molar-refractivity contribution in [2.45, 2.75) is 26.7 Å². The Bertz CT molecular complexity index is 1050. The van der Waals surface area contributed by atoms with Crippen LogP contribution in [0.4, 0.5) is 5.69 Å². The van der Waals surface area contributed by atoms with Crippen LogP contribution in [0.2, 0.25) is 0 Å². The highest BCUT2D eigenvalue weighted by molar-refractivity contribution is 6.04. The van der Waals surface area contributed by atoms with E-state index in [9.17, 15) is 9.59 Å². The molecule has 0 aliphatic heterocycles. The minimum atomic E-state index is -0.195. The van der Waals surface area contributed by atoms with Gasteiger partial charge in [0.1, 0.15) is 0 Å². The molecule has 2 aromatic carbocycles. The molecule has 33 heavy (non-hydrogen) atoms. The first-order valence-corrected chi connectivity index (χ1v) is 11.5. The van der Waals surface area contributed by atoms with Crippen LogP contribution in [0.3, 0.4) is 0 Å². The van der Waals surface area contributed by atoms with Crippen LogP contribution in [-0.4, -0.2) is 47.9 Å². The summed E-state index contributed by atoms with van der Waals surface area (Å²) in [5.74, 6) is -0.242. The normalized spacial score (nSPS) is 10.8. The molecule has 0 bridgehead atoms. The third-order valence-corrected chi connectivity index (χ3v) is 5.54. The van der Waals surface area contributed by atoms with E-state index < -0.39 is 0 Å². The molecule has 0 saturated heterocycles. The Morgan fingerprint density at radius 3 is 2.33 bits per heavy atom. The summed E-state index contributed by atoms with van der Waals surface area (Å²) in [6.45, 7) is 8.01. The molecular formula is C27H32N4O2. The Morgan fingerprint density at radius 1 is 0.879 bits per heavy atom. The molecule has 0 aliphatic carbocycles. The second-order valence-electron chi connectivity index (χ2n) is 7.91. The minimum absolute atomic E-state index is 0.0473. The van der Waals surface area contributed by atoms with E-state index in [4.69, 9.17) is 0 Å². The molecule has 172 valence electrons. The van der Waals surface area contributed by atoms with Crippen molar-refractivity contribution in [1.82, 2.24) is 15.2 Å². The molecule has 6 heteroatoms. The summed E-state index contributed by atoms with van der Waals surface area (Å²) in [6, 6.07) is 18.9. The molecule has 2 amide bonds. The minimum Gasteiger partial charge on any atom is -0.352 e. The number of benzene rings is 2. The number of carbonyl (C=O) groups is 2. The van der Waals surface area contributed by atoms with Crippen LogP contribution in [0.1, 0.15) is 52.1 Å². The van der Waals surface area contributed by atoms with Gasteiger partial charge in [-0.2, -0.15) is 0 Å². The zero-order valence-corrected chi connectivity index (χ0v) is 19.4. The van der Waals surface area contributed by atoms with Crippen molar-refractivity contribution in [1.29, 1.82) is 0 Å². The lowest BCUT2D eigenvalue weighted by molar-refractivity contribution is 0.0951. The maximum atomic E-state index is 12.6. The smallest absolute Gasteiger partial charge is 0.257 e. The van der Waals surface area contributed by atoms with Crippen molar-refractivity contribution in [3.63, 3.8) is 0 Å². The number of anilines is 1. The van der Waals surface area contributed by atoms with E-state index in [0.29, 0.717) is 24.1 Å². The summed E-state index contributed by atoms with van der Waals surface area (Å²) in [6.07, 6.45) is 4.78. The number of hydrogen-bond donors (Lipinski definition) is 2. The highest BCUT2D eigenvalue weighted by Gasteiger charge is 2.09. The fourth-order valence-electron chi connectivity index (χ4n) is 3.66. The predicted octanol–water partition coefficient (Wildman–Crippen LogP) is 4.39. The van der Waals surface area contributed by atoms with E-state index in [1.54, 1.807) is 24.5 Å². The second-order valence-corrected chi connectivity index (χ2v) is 7.91. The molecule has 1 aromatic heterocycles. The molecule has 0 aliphatic rings. The van der Waals surface area contributed by atoms with Gasteiger partial charge in [0.2, 0.25) is 0 Å². The standard InChI is InChI=1S/C27H32N4O2/c1-3-31(4-2)16-8-15-29-26(32)23-11-5-9-21(18-23)17-22-10-6-13-25(19-22)30-27(33)24-12-7-14-28-20-24/h5-7,9-14,18-20H,3-4,8,15-17H2,1-2H3,(H,29,32)(H,30,33). The molecule has 6 nitrogen and oxygen atoms in total. The zero-order chi connectivity index (χ0) is 23.5. The maximum Gasteiger partial charge on any atom is 0.257 e. The van der Waals surface area contributed by atoms with Gasteiger partial charge < -0.3 is 15.5 Å². The quantitative estimate of drug-likeness (QED) is 0.430. The van der Waals surface area contributed by atoms with Gasteiger partial charge >= 0.3 is 0 Å². The molecule has 2 N–H and O–H groups in total. The highest BCUT2D eigenvalue weighted by Crippen LogP contribution is 2.17. The van der Waals surface area contributed by atoms with E-state index in [1.807, 2.05) is 48.5 Å². The van der Waals surface area contributed by atoms with E-state index in [0.717, 1.165) is 42.9 Å². The van der Waals surface area contributed by atoms with Crippen LogP contribution in [0.25, 0.3) is 0 Å². The third kappa shape index (κ3) is 7.54. The number of hydrogen-bond acceptors (Lipinski definition) is 4. The summed E-state index contributed by atoms with van der Waals surface area (Å²) < 4.78 is 0. The average molecular weight is 445 g/mol. The van der Waals surface area contributed by atoms with Crippen LogP contribution in [0, 0.1) is 0 Å². The molecule has 0 atom stereocenters. The van der Waals surface area contributed by atoms with Crippen molar-refractivity contribution >= 4 is 17.5 Å². The summed E-state index contributed by atoms with van der Waals surface area (Å²) in [4.78, 5) is 31.3. The monoisotopic (exact) mass is 444 g/mol. The molecule has 0 fully saturated rings. The van der Waals surface area contributed by atoms with Crippen molar-refractivity contribution in [3.05, 3.63) is 95.3 Å². The molecule has 3 aromatic rings. The van der Waals surface area contributed by atoms with Gasteiger partial charge in [0.25, 0.3) is 11.8 Å². The number of carbonyl (C=O) groups excluding carboxylic acids is 2. The number of aromatic nitrogens is 1. The number of nitrogens with one attached hydrogen (secondary N) is 2. The van der Waals surface area contributed by atoms with E-state index in [2.05, 4.69) is 34.4 Å². The predicted molar refractivity (Wildman–Crippen MR) is 133 cm³/mol. The molecule has 0 spiro atoms.